The molecule has 6 heteroatoms. The average molecular weight is 383 g/mol. The second kappa shape index (κ2) is 6.83. The molecule has 4 rings (SSSR count). The molecule has 0 fully saturated rings. The Hall–Kier alpha value is -2.82. The highest BCUT2D eigenvalue weighted by molar-refractivity contribution is 6.34. The predicted molar refractivity (Wildman–Crippen MR) is 104 cm³/mol. The summed E-state index contributed by atoms with van der Waals surface area (Å²) in [5.41, 5.74) is 4.23. The maximum absolute atomic E-state index is 12.3. The SMILES string of the molecule is O=C(Nc1ccc(-c2cc3ncoc3cc2Cl)cc1)c1ccccc1Cl. The van der Waals surface area contributed by atoms with Gasteiger partial charge in [0.05, 0.1) is 15.6 Å². The zero-order valence-corrected chi connectivity index (χ0v) is 14.9. The summed E-state index contributed by atoms with van der Waals surface area (Å²) in [4.78, 5) is 16.5. The van der Waals surface area contributed by atoms with E-state index >= 15 is 0 Å². The van der Waals surface area contributed by atoms with Gasteiger partial charge in [-0.25, -0.2) is 4.98 Å². The Bertz CT molecular complexity index is 1100. The van der Waals surface area contributed by atoms with Crippen LogP contribution in [0.1, 0.15) is 10.4 Å². The van der Waals surface area contributed by atoms with E-state index in [9.17, 15) is 4.79 Å². The third-order valence-corrected chi connectivity index (χ3v) is 4.63. The van der Waals surface area contributed by atoms with Crippen LogP contribution in [0.5, 0.6) is 0 Å². The Morgan fingerprint density at radius 3 is 2.50 bits per heavy atom. The lowest BCUT2D eigenvalue weighted by atomic mass is 10.0. The van der Waals surface area contributed by atoms with Crippen molar-refractivity contribution in [2.24, 2.45) is 0 Å². The first-order chi connectivity index (χ1) is 12.6. The van der Waals surface area contributed by atoms with Gasteiger partial charge in [0, 0.05) is 17.3 Å². The summed E-state index contributed by atoms with van der Waals surface area (Å²) in [5, 5.41) is 3.82. The second-order valence-electron chi connectivity index (χ2n) is 5.66. The maximum Gasteiger partial charge on any atom is 0.257 e. The number of nitrogens with one attached hydrogen (secondary N) is 1. The van der Waals surface area contributed by atoms with Crippen molar-refractivity contribution >= 4 is 45.9 Å². The van der Waals surface area contributed by atoms with Crippen LogP contribution in [0.4, 0.5) is 5.69 Å². The number of hydrogen-bond acceptors (Lipinski definition) is 3. The molecule has 0 aliphatic carbocycles. The zero-order chi connectivity index (χ0) is 18.1. The van der Waals surface area contributed by atoms with E-state index in [0.29, 0.717) is 26.9 Å². The number of carbonyl (C=O) groups is 1. The second-order valence-corrected chi connectivity index (χ2v) is 6.48. The average Bonchev–Trinajstić information content (AvgIpc) is 3.09. The van der Waals surface area contributed by atoms with E-state index in [-0.39, 0.29) is 5.91 Å². The van der Waals surface area contributed by atoms with E-state index in [1.54, 1.807) is 30.3 Å². The molecular weight excluding hydrogens is 371 g/mol. The number of anilines is 1. The molecule has 1 amide bonds. The molecule has 0 aliphatic rings. The van der Waals surface area contributed by atoms with Crippen molar-refractivity contribution in [3.05, 3.63) is 82.7 Å². The first-order valence-corrected chi connectivity index (χ1v) is 8.56. The molecule has 4 aromatic rings. The van der Waals surface area contributed by atoms with Gasteiger partial charge in [-0.1, -0.05) is 47.5 Å². The van der Waals surface area contributed by atoms with Gasteiger partial charge in [-0.2, -0.15) is 0 Å². The first-order valence-electron chi connectivity index (χ1n) is 7.81. The quantitative estimate of drug-likeness (QED) is 0.468. The molecule has 0 unspecified atom stereocenters. The Morgan fingerprint density at radius 1 is 0.962 bits per heavy atom. The molecule has 1 N–H and O–H groups in total. The minimum Gasteiger partial charge on any atom is -0.443 e. The summed E-state index contributed by atoms with van der Waals surface area (Å²) in [5.74, 6) is -0.259. The molecule has 0 aliphatic heterocycles. The van der Waals surface area contributed by atoms with Crippen molar-refractivity contribution in [3.63, 3.8) is 0 Å². The molecule has 26 heavy (non-hydrogen) atoms. The number of halogens is 2. The molecule has 0 saturated carbocycles. The van der Waals surface area contributed by atoms with Crippen LogP contribution in [0.25, 0.3) is 22.2 Å². The molecular formula is C20H12Cl2N2O2. The first kappa shape index (κ1) is 16.6. The summed E-state index contributed by atoms with van der Waals surface area (Å²) in [6, 6.07) is 17.9. The fourth-order valence-corrected chi connectivity index (χ4v) is 3.16. The number of aromatic nitrogens is 1. The normalized spacial score (nSPS) is 10.8. The lowest BCUT2D eigenvalue weighted by molar-refractivity contribution is 0.102. The van der Waals surface area contributed by atoms with E-state index in [0.717, 1.165) is 16.6 Å². The van der Waals surface area contributed by atoms with Gasteiger partial charge in [0.1, 0.15) is 5.52 Å². The van der Waals surface area contributed by atoms with Gasteiger partial charge in [0.15, 0.2) is 12.0 Å². The number of benzene rings is 3. The Morgan fingerprint density at radius 2 is 1.73 bits per heavy atom. The highest BCUT2D eigenvalue weighted by Crippen LogP contribution is 2.32. The summed E-state index contributed by atoms with van der Waals surface area (Å²) < 4.78 is 5.25. The van der Waals surface area contributed by atoms with E-state index in [1.165, 1.54) is 6.39 Å². The van der Waals surface area contributed by atoms with Crippen LogP contribution >= 0.6 is 23.2 Å². The third-order valence-electron chi connectivity index (χ3n) is 3.99. The Kier molecular flexibility index (Phi) is 4.37. The number of rotatable bonds is 3. The highest BCUT2D eigenvalue weighted by atomic mass is 35.5. The van der Waals surface area contributed by atoms with Crippen LogP contribution in [-0.4, -0.2) is 10.9 Å². The van der Waals surface area contributed by atoms with Crippen LogP contribution in [0.15, 0.2) is 71.5 Å². The zero-order valence-electron chi connectivity index (χ0n) is 13.4. The molecule has 0 saturated heterocycles. The molecule has 0 radical (unpaired) electrons. The Labute approximate surface area is 159 Å². The number of nitrogens with zero attached hydrogens (tertiary/aromatic N) is 1. The number of oxazole rings is 1. The van der Waals surface area contributed by atoms with Crippen LogP contribution in [0.3, 0.4) is 0 Å². The van der Waals surface area contributed by atoms with Crippen molar-refractivity contribution in [1.82, 2.24) is 4.98 Å². The van der Waals surface area contributed by atoms with Crippen molar-refractivity contribution in [3.8, 4) is 11.1 Å². The van der Waals surface area contributed by atoms with Crippen molar-refractivity contribution in [1.29, 1.82) is 0 Å². The van der Waals surface area contributed by atoms with Gasteiger partial charge in [0.25, 0.3) is 5.91 Å². The number of carbonyl (C=O) groups excluding carboxylic acids is 1. The van der Waals surface area contributed by atoms with E-state index in [1.807, 2.05) is 30.3 Å². The van der Waals surface area contributed by atoms with Crippen molar-refractivity contribution in [2.75, 3.05) is 5.32 Å². The minimum atomic E-state index is -0.259. The fourth-order valence-electron chi connectivity index (χ4n) is 2.68. The molecule has 1 heterocycles. The smallest absolute Gasteiger partial charge is 0.257 e. The maximum atomic E-state index is 12.3. The van der Waals surface area contributed by atoms with E-state index in [4.69, 9.17) is 27.6 Å². The predicted octanol–water partition coefficient (Wildman–Crippen LogP) is 6.05. The number of amides is 1. The number of hydrogen-bond donors (Lipinski definition) is 1. The van der Waals surface area contributed by atoms with Crippen molar-refractivity contribution in [2.45, 2.75) is 0 Å². The summed E-state index contributed by atoms with van der Waals surface area (Å²) in [6.45, 7) is 0. The van der Waals surface area contributed by atoms with Gasteiger partial charge in [0.2, 0.25) is 0 Å². The van der Waals surface area contributed by atoms with Gasteiger partial charge in [-0.05, 0) is 35.9 Å². The van der Waals surface area contributed by atoms with Gasteiger partial charge < -0.3 is 9.73 Å². The standard InChI is InChI=1S/C20H12Cl2N2O2/c21-16-4-2-1-3-14(16)20(25)24-13-7-5-12(6-8-13)15-9-18-19(10-17(15)22)26-11-23-18/h1-11H,(H,24,25). The van der Waals surface area contributed by atoms with Crippen LogP contribution in [-0.2, 0) is 0 Å². The lowest BCUT2D eigenvalue weighted by Crippen LogP contribution is -2.12. The molecule has 4 nitrogen and oxygen atoms in total. The third kappa shape index (κ3) is 3.17. The van der Waals surface area contributed by atoms with Crippen LogP contribution in [0.2, 0.25) is 10.0 Å². The largest absolute Gasteiger partial charge is 0.443 e. The van der Waals surface area contributed by atoms with Crippen molar-refractivity contribution < 1.29 is 9.21 Å². The lowest BCUT2D eigenvalue weighted by Gasteiger charge is -2.09. The topological polar surface area (TPSA) is 55.1 Å². The summed E-state index contributed by atoms with van der Waals surface area (Å²) in [7, 11) is 0. The summed E-state index contributed by atoms with van der Waals surface area (Å²) in [6.07, 6.45) is 1.39. The fraction of sp³-hybridized carbons (Fsp3) is 0. The molecule has 128 valence electrons. The Balaban J connectivity index is 1.59. The summed E-state index contributed by atoms with van der Waals surface area (Å²) >= 11 is 12.4. The highest BCUT2D eigenvalue weighted by Gasteiger charge is 2.11. The van der Waals surface area contributed by atoms with Crippen LogP contribution in [0, 0.1) is 0 Å². The van der Waals surface area contributed by atoms with Gasteiger partial charge in [-0.3, -0.25) is 4.79 Å². The number of fused-ring (bicyclic) bond motifs is 1. The van der Waals surface area contributed by atoms with E-state index < -0.39 is 0 Å². The molecule has 1 aromatic heterocycles. The monoisotopic (exact) mass is 382 g/mol. The molecule has 3 aromatic carbocycles. The van der Waals surface area contributed by atoms with Crippen LogP contribution < -0.4 is 5.32 Å². The molecule has 0 bridgehead atoms. The minimum absolute atomic E-state index is 0.259. The van der Waals surface area contributed by atoms with E-state index in [2.05, 4.69) is 10.3 Å². The van der Waals surface area contributed by atoms with Gasteiger partial charge >= 0.3 is 0 Å². The van der Waals surface area contributed by atoms with Gasteiger partial charge in [-0.15, -0.1) is 0 Å². The molecule has 0 spiro atoms. The molecule has 0 atom stereocenters.